The third-order valence-electron chi connectivity index (χ3n) is 5.60. The summed E-state index contributed by atoms with van der Waals surface area (Å²) < 4.78 is 5.58. The van der Waals surface area contributed by atoms with Gasteiger partial charge in [-0.25, -0.2) is 4.98 Å². The van der Waals surface area contributed by atoms with Crippen molar-refractivity contribution in [1.29, 1.82) is 0 Å². The lowest BCUT2D eigenvalue weighted by atomic mass is 9.93. The highest BCUT2D eigenvalue weighted by atomic mass is 16.5. The summed E-state index contributed by atoms with van der Waals surface area (Å²) in [6.45, 7) is 2.75. The molecule has 0 unspecified atom stereocenters. The Morgan fingerprint density at radius 2 is 2.03 bits per heavy atom. The first kappa shape index (κ1) is 20.1. The molecule has 2 heterocycles. The molecule has 30 heavy (non-hydrogen) atoms. The first-order chi connectivity index (χ1) is 14.7. The predicted molar refractivity (Wildman–Crippen MR) is 115 cm³/mol. The molecule has 0 bridgehead atoms. The van der Waals surface area contributed by atoms with Crippen LogP contribution in [-0.2, 0) is 6.54 Å². The van der Waals surface area contributed by atoms with Crippen molar-refractivity contribution in [2.75, 3.05) is 6.61 Å². The third kappa shape index (κ3) is 4.35. The van der Waals surface area contributed by atoms with Gasteiger partial charge in [-0.05, 0) is 44.0 Å². The molecule has 1 N–H and O–H groups in total. The van der Waals surface area contributed by atoms with E-state index in [9.17, 15) is 9.59 Å². The van der Waals surface area contributed by atoms with E-state index in [0.717, 1.165) is 42.3 Å². The minimum Gasteiger partial charge on any atom is -0.494 e. The van der Waals surface area contributed by atoms with Crippen LogP contribution in [0.1, 0.15) is 55.1 Å². The molecule has 1 aliphatic rings. The van der Waals surface area contributed by atoms with Crippen molar-refractivity contribution in [2.24, 2.45) is 0 Å². The van der Waals surface area contributed by atoms with Gasteiger partial charge in [0.05, 0.1) is 19.3 Å². The van der Waals surface area contributed by atoms with Crippen LogP contribution < -0.4 is 10.3 Å². The zero-order chi connectivity index (χ0) is 20.9. The number of nitrogens with one attached hydrogen (secondary N) is 1. The minimum atomic E-state index is -0.183. The van der Waals surface area contributed by atoms with Crippen molar-refractivity contribution < 1.29 is 9.53 Å². The Bertz CT molecular complexity index is 1070. The van der Waals surface area contributed by atoms with Crippen molar-refractivity contribution in [3.05, 3.63) is 64.5 Å². The van der Waals surface area contributed by atoms with E-state index < -0.39 is 0 Å². The highest BCUT2D eigenvalue weighted by molar-refractivity contribution is 5.92. The lowest BCUT2D eigenvalue weighted by Gasteiger charge is -2.34. The number of rotatable bonds is 6. The fourth-order valence-electron chi connectivity index (χ4n) is 4.10. The zero-order valence-corrected chi connectivity index (χ0v) is 17.1. The maximum Gasteiger partial charge on any atom is 0.274 e. The number of benzene rings is 1. The average molecular weight is 406 g/mol. The van der Waals surface area contributed by atoms with E-state index in [4.69, 9.17) is 4.74 Å². The Hall–Kier alpha value is -3.22. The molecular formula is C23H26N4O3. The summed E-state index contributed by atoms with van der Waals surface area (Å²) in [7, 11) is 0. The molecule has 2 aromatic heterocycles. The number of pyridine rings is 1. The number of H-pyrrole nitrogens is 1. The van der Waals surface area contributed by atoms with Crippen LogP contribution in [0, 0.1) is 0 Å². The number of carbonyl (C=O) groups is 1. The van der Waals surface area contributed by atoms with E-state index in [2.05, 4.69) is 15.0 Å². The number of aromatic amines is 1. The molecule has 0 saturated heterocycles. The largest absolute Gasteiger partial charge is 0.494 e. The van der Waals surface area contributed by atoms with Crippen LogP contribution in [-0.4, -0.2) is 38.4 Å². The summed E-state index contributed by atoms with van der Waals surface area (Å²) >= 11 is 0. The highest BCUT2D eigenvalue weighted by Crippen LogP contribution is 2.26. The van der Waals surface area contributed by atoms with Crippen molar-refractivity contribution in [1.82, 2.24) is 19.9 Å². The summed E-state index contributed by atoms with van der Waals surface area (Å²) in [6.07, 6.45) is 9.77. The van der Waals surface area contributed by atoms with Crippen LogP contribution in [0.2, 0.25) is 0 Å². The molecule has 1 aromatic carbocycles. The summed E-state index contributed by atoms with van der Waals surface area (Å²) in [5, 5.41) is 0.881. The molecule has 0 atom stereocenters. The van der Waals surface area contributed by atoms with Crippen LogP contribution >= 0.6 is 0 Å². The van der Waals surface area contributed by atoms with Gasteiger partial charge in [0.2, 0.25) is 0 Å². The molecule has 1 aliphatic carbocycles. The van der Waals surface area contributed by atoms with Gasteiger partial charge in [0.15, 0.2) is 0 Å². The molecule has 0 spiro atoms. The minimum absolute atomic E-state index is 0.0955. The van der Waals surface area contributed by atoms with Gasteiger partial charge in [0.1, 0.15) is 11.4 Å². The Kier molecular flexibility index (Phi) is 6.07. The van der Waals surface area contributed by atoms with Gasteiger partial charge in [-0.15, -0.1) is 0 Å². The number of hydrogen-bond acceptors (Lipinski definition) is 5. The maximum absolute atomic E-state index is 13.3. The van der Waals surface area contributed by atoms with E-state index >= 15 is 0 Å². The molecule has 4 rings (SSSR count). The molecular weight excluding hydrogens is 380 g/mol. The lowest BCUT2D eigenvalue weighted by molar-refractivity contribution is 0.0607. The second-order valence-corrected chi connectivity index (χ2v) is 7.62. The van der Waals surface area contributed by atoms with Gasteiger partial charge < -0.3 is 14.6 Å². The van der Waals surface area contributed by atoms with Crippen LogP contribution in [0.3, 0.4) is 0 Å². The van der Waals surface area contributed by atoms with Gasteiger partial charge in [-0.2, -0.15) is 0 Å². The van der Waals surface area contributed by atoms with E-state index in [1.807, 2.05) is 31.2 Å². The Balaban J connectivity index is 1.69. The monoisotopic (exact) mass is 406 g/mol. The zero-order valence-electron chi connectivity index (χ0n) is 17.1. The number of hydrogen-bond donors (Lipinski definition) is 1. The van der Waals surface area contributed by atoms with Gasteiger partial charge in [-0.1, -0.05) is 19.3 Å². The fraction of sp³-hybridized carbons (Fsp3) is 0.391. The smallest absolute Gasteiger partial charge is 0.274 e. The summed E-state index contributed by atoms with van der Waals surface area (Å²) in [6, 6.07) is 7.55. The van der Waals surface area contributed by atoms with E-state index in [-0.39, 0.29) is 24.1 Å². The molecule has 156 valence electrons. The van der Waals surface area contributed by atoms with Gasteiger partial charge in [-0.3, -0.25) is 14.6 Å². The molecule has 0 radical (unpaired) electrons. The third-order valence-corrected chi connectivity index (χ3v) is 5.60. The average Bonchev–Trinajstić information content (AvgIpc) is 2.79. The SMILES string of the molecule is CCOc1ccc2[nH]c(=O)c(CN(C(=O)c3cnccn3)C3CCCCC3)cc2c1. The first-order valence-electron chi connectivity index (χ1n) is 10.5. The van der Waals surface area contributed by atoms with Crippen molar-refractivity contribution in [2.45, 2.75) is 51.6 Å². The van der Waals surface area contributed by atoms with E-state index in [1.165, 1.54) is 18.8 Å². The summed E-state index contributed by atoms with van der Waals surface area (Å²) in [5.41, 5.74) is 1.42. The quantitative estimate of drug-likeness (QED) is 0.674. The van der Waals surface area contributed by atoms with Crippen LogP contribution in [0.4, 0.5) is 0 Å². The van der Waals surface area contributed by atoms with Crippen LogP contribution in [0.5, 0.6) is 5.75 Å². The standard InChI is InChI=1S/C23H26N4O3/c1-2-30-19-8-9-20-16(13-19)12-17(22(28)26-20)15-27(18-6-4-3-5-7-18)23(29)21-14-24-10-11-25-21/h8-14,18H,2-7,15H2,1H3,(H,26,28). The van der Waals surface area contributed by atoms with E-state index in [0.29, 0.717) is 17.9 Å². The number of ether oxygens (including phenoxy) is 1. The van der Waals surface area contributed by atoms with Gasteiger partial charge in [0, 0.05) is 34.9 Å². The van der Waals surface area contributed by atoms with Crippen LogP contribution in [0.25, 0.3) is 10.9 Å². The summed E-state index contributed by atoms with van der Waals surface area (Å²) in [5.74, 6) is 0.570. The molecule has 0 aliphatic heterocycles. The molecule has 7 heteroatoms. The van der Waals surface area contributed by atoms with Crippen molar-refractivity contribution in [3.8, 4) is 5.75 Å². The molecule has 7 nitrogen and oxygen atoms in total. The van der Waals surface area contributed by atoms with Gasteiger partial charge >= 0.3 is 0 Å². The van der Waals surface area contributed by atoms with Gasteiger partial charge in [0.25, 0.3) is 11.5 Å². The molecule has 1 saturated carbocycles. The Labute approximate surface area is 175 Å². The number of aromatic nitrogens is 3. The molecule has 3 aromatic rings. The first-order valence-corrected chi connectivity index (χ1v) is 10.5. The number of carbonyl (C=O) groups excluding carboxylic acids is 1. The van der Waals surface area contributed by atoms with Crippen molar-refractivity contribution >= 4 is 16.8 Å². The Morgan fingerprint density at radius 1 is 1.20 bits per heavy atom. The van der Waals surface area contributed by atoms with Crippen molar-refractivity contribution in [3.63, 3.8) is 0 Å². The maximum atomic E-state index is 13.3. The number of nitrogens with zero attached hydrogens (tertiary/aromatic N) is 3. The van der Waals surface area contributed by atoms with Crippen LogP contribution in [0.15, 0.2) is 47.7 Å². The topological polar surface area (TPSA) is 88.2 Å². The highest BCUT2D eigenvalue weighted by Gasteiger charge is 2.28. The normalized spacial score (nSPS) is 14.6. The fourth-order valence-corrected chi connectivity index (χ4v) is 4.10. The summed E-state index contributed by atoms with van der Waals surface area (Å²) in [4.78, 5) is 39.0. The predicted octanol–water partition coefficient (Wildman–Crippen LogP) is 3.69. The van der Waals surface area contributed by atoms with E-state index in [1.54, 1.807) is 11.1 Å². The molecule has 1 fully saturated rings. The second-order valence-electron chi connectivity index (χ2n) is 7.62. The molecule has 1 amide bonds. The number of amides is 1. The second kappa shape index (κ2) is 9.07. The Morgan fingerprint density at radius 3 is 2.77 bits per heavy atom. The lowest BCUT2D eigenvalue weighted by Crippen LogP contribution is -2.42. The number of fused-ring (bicyclic) bond motifs is 1.